The summed E-state index contributed by atoms with van der Waals surface area (Å²) in [5.74, 6) is -0.0909. The van der Waals surface area contributed by atoms with Gasteiger partial charge in [0.05, 0.1) is 12.7 Å². The van der Waals surface area contributed by atoms with Crippen molar-refractivity contribution in [1.82, 2.24) is 10.2 Å². The first kappa shape index (κ1) is 15.8. The molecule has 1 aliphatic rings. The number of likely N-dealkylation sites (N-methyl/N-ethyl adjacent to an activating group) is 1. The number of nitrogens with zero attached hydrogens (tertiary/aromatic N) is 1. The molecule has 0 aromatic heterocycles. The summed E-state index contributed by atoms with van der Waals surface area (Å²) in [5, 5.41) is 2.88. The summed E-state index contributed by atoms with van der Waals surface area (Å²) in [6.45, 7) is 3.05. The Morgan fingerprint density at radius 1 is 1.47 bits per heavy atom. The normalized spacial score (nSPS) is 19.5. The molecule has 1 aromatic carbocycles. The number of anilines is 1. The number of ether oxygens (including phenoxy) is 1. The molecule has 0 radical (unpaired) electrons. The third kappa shape index (κ3) is 4.70. The quantitative estimate of drug-likeness (QED) is 0.805. The molecule has 1 atom stereocenters. The second-order valence-electron chi connectivity index (χ2n) is 4.59. The first-order valence-corrected chi connectivity index (χ1v) is 6.09. The minimum Gasteiger partial charge on any atom is -0.399 e. The van der Waals surface area contributed by atoms with Crippen LogP contribution in [0, 0.1) is 0 Å². The molecular weight excluding hydrogens is 266 g/mol. The van der Waals surface area contributed by atoms with Crippen LogP contribution in [0.4, 0.5) is 5.69 Å². The van der Waals surface area contributed by atoms with E-state index >= 15 is 0 Å². The zero-order valence-electron chi connectivity index (χ0n) is 11.0. The molecule has 1 aromatic rings. The molecule has 1 heterocycles. The molecule has 6 heteroatoms. The molecule has 1 saturated heterocycles. The van der Waals surface area contributed by atoms with E-state index in [-0.39, 0.29) is 24.4 Å². The van der Waals surface area contributed by atoms with E-state index in [1.807, 2.05) is 0 Å². The molecule has 0 bridgehead atoms. The number of nitrogens with two attached hydrogens (primary N) is 1. The van der Waals surface area contributed by atoms with Crippen LogP contribution < -0.4 is 11.1 Å². The number of hydrogen-bond donors (Lipinski definition) is 2. The number of nitrogen functional groups attached to an aromatic ring is 1. The van der Waals surface area contributed by atoms with E-state index in [0.29, 0.717) is 17.8 Å². The highest BCUT2D eigenvalue weighted by Crippen LogP contribution is 2.06. The Hall–Kier alpha value is -1.30. The number of carbonyl (C=O) groups is 1. The molecule has 3 N–H and O–H groups in total. The van der Waals surface area contributed by atoms with Gasteiger partial charge >= 0.3 is 0 Å². The van der Waals surface area contributed by atoms with Gasteiger partial charge in [-0.05, 0) is 31.3 Å². The molecule has 0 spiro atoms. The number of morpholine rings is 1. The van der Waals surface area contributed by atoms with Crippen molar-refractivity contribution in [2.75, 3.05) is 39.0 Å². The molecule has 106 valence electrons. The summed E-state index contributed by atoms with van der Waals surface area (Å²) in [4.78, 5) is 14.1. The van der Waals surface area contributed by atoms with Crippen LogP contribution in [0.5, 0.6) is 0 Å². The van der Waals surface area contributed by atoms with Crippen LogP contribution >= 0.6 is 12.4 Å². The van der Waals surface area contributed by atoms with Crippen LogP contribution in [0.25, 0.3) is 0 Å². The smallest absolute Gasteiger partial charge is 0.251 e. The van der Waals surface area contributed by atoms with E-state index in [9.17, 15) is 4.79 Å². The highest BCUT2D eigenvalue weighted by atomic mass is 35.5. The summed E-state index contributed by atoms with van der Waals surface area (Å²) in [7, 11) is 2.05. The highest BCUT2D eigenvalue weighted by Gasteiger charge is 2.18. The first-order valence-electron chi connectivity index (χ1n) is 6.09. The van der Waals surface area contributed by atoms with Gasteiger partial charge < -0.3 is 20.7 Å². The van der Waals surface area contributed by atoms with Crippen molar-refractivity contribution in [2.24, 2.45) is 0 Å². The van der Waals surface area contributed by atoms with Crippen molar-refractivity contribution in [3.05, 3.63) is 29.8 Å². The number of benzene rings is 1. The van der Waals surface area contributed by atoms with Gasteiger partial charge in [0.25, 0.3) is 5.91 Å². The van der Waals surface area contributed by atoms with E-state index in [1.54, 1.807) is 24.3 Å². The van der Waals surface area contributed by atoms with Crippen LogP contribution in [-0.2, 0) is 4.74 Å². The number of hydrogen-bond acceptors (Lipinski definition) is 4. The Morgan fingerprint density at radius 3 is 2.79 bits per heavy atom. The average molecular weight is 286 g/mol. The second-order valence-corrected chi connectivity index (χ2v) is 4.59. The van der Waals surface area contributed by atoms with Crippen LogP contribution in [0.2, 0.25) is 0 Å². The minimum atomic E-state index is -0.0909. The van der Waals surface area contributed by atoms with Crippen molar-refractivity contribution < 1.29 is 9.53 Å². The monoisotopic (exact) mass is 285 g/mol. The van der Waals surface area contributed by atoms with Gasteiger partial charge in [-0.15, -0.1) is 12.4 Å². The fraction of sp³-hybridized carbons (Fsp3) is 0.462. The second kappa shape index (κ2) is 7.33. The molecule has 2 rings (SSSR count). The summed E-state index contributed by atoms with van der Waals surface area (Å²) in [5.41, 5.74) is 6.85. The number of amides is 1. The molecule has 1 aliphatic heterocycles. The van der Waals surface area contributed by atoms with Gasteiger partial charge in [0.2, 0.25) is 0 Å². The average Bonchev–Trinajstić information content (AvgIpc) is 2.37. The fourth-order valence-corrected chi connectivity index (χ4v) is 1.93. The molecular formula is C13H20ClN3O2. The summed E-state index contributed by atoms with van der Waals surface area (Å²) in [6, 6.07) is 6.89. The minimum absolute atomic E-state index is 0. The highest BCUT2D eigenvalue weighted by molar-refractivity contribution is 5.94. The van der Waals surface area contributed by atoms with Crippen molar-refractivity contribution >= 4 is 24.0 Å². The van der Waals surface area contributed by atoms with Gasteiger partial charge in [0.1, 0.15) is 0 Å². The molecule has 1 amide bonds. The van der Waals surface area contributed by atoms with Gasteiger partial charge in [-0.1, -0.05) is 0 Å². The lowest BCUT2D eigenvalue weighted by atomic mass is 10.2. The summed E-state index contributed by atoms with van der Waals surface area (Å²) in [6.07, 6.45) is 0.0708. The third-order valence-corrected chi connectivity index (χ3v) is 3.01. The van der Waals surface area contributed by atoms with Gasteiger partial charge in [0.15, 0.2) is 0 Å². The van der Waals surface area contributed by atoms with Crippen LogP contribution in [0.3, 0.4) is 0 Å². The molecule has 5 nitrogen and oxygen atoms in total. The fourth-order valence-electron chi connectivity index (χ4n) is 1.93. The van der Waals surface area contributed by atoms with E-state index in [0.717, 1.165) is 19.7 Å². The van der Waals surface area contributed by atoms with E-state index in [1.165, 1.54) is 0 Å². The maximum absolute atomic E-state index is 11.9. The lowest BCUT2D eigenvalue weighted by Crippen LogP contribution is -2.45. The maximum Gasteiger partial charge on any atom is 0.251 e. The third-order valence-electron chi connectivity index (χ3n) is 3.01. The Bertz CT molecular complexity index is 411. The Morgan fingerprint density at radius 2 is 2.16 bits per heavy atom. The molecule has 1 fully saturated rings. The van der Waals surface area contributed by atoms with E-state index < -0.39 is 0 Å². The standard InChI is InChI=1S/C13H19N3O2.ClH/c1-16-6-7-18-12(9-16)8-15-13(17)10-2-4-11(14)5-3-10;/h2-5,12H,6-9,14H2,1H3,(H,15,17);1H. The molecule has 0 aliphatic carbocycles. The zero-order valence-corrected chi connectivity index (χ0v) is 11.8. The Kier molecular flexibility index (Phi) is 6.08. The van der Waals surface area contributed by atoms with Gasteiger partial charge in [-0.25, -0.2) is 0 Å². The SMILES string of the molecule is CN1CCOC(CNC(=O)c2ccc(N)cc2)C1.Cl. The predicted molar refractivity (Wildman–Crippen MR) is 77.7 cm³/mol. The van der Waals surface area contributed by atoms with Gasteiger partial charge in [-0.2, -0.15) is 0 Å². The van der Waals surface area contributed by atoms with Gasteiger partial charge in [0, 0.05) is 30.9 Å². The largest absolute Gasteiger partial charge is 0.399 e. The predicted octanol–water partition coefficient (Wildman–Crippen LogP) is 0.751. The van der Waals surface area contributed by atoms with Crippen LogP contribution in [-0.4, -0.2) is 50.2 Å². The van der Waals surface area contributed by atoms with Crippen molar-refractivity contribution in [3.8, 4) is 0 Å². The number of halogens is 1. The molecule has 1 unspecified atom stereocenters. The lowest BCUT2D eigenvalue weighted by Gasteiger charge is -2.30. The summed E-state index contributed by atoms with van der Waals surface area (Å²) < 4.78 is 5.58. The first-order chi connectivity index (χ1) is 8.65. The number of carbonyl (C=O) groups excluding carboxylic acids is 1. The van der Waals surface area contributed by atoms with E-state index in [2.05, 4.69) is 17.3 Å². The number of rotatable bonds is 3. The summed E-state index contributed by atoms with van der Waals surface area (Å²) >= 11 is 0. The molecule has 0 saturated carbocycles. The Labute approximate surface area is 119 Å². The van der Waals surface area contributed by atoms with Crippen molar-refractivity contribution in [1.29, 1.82) is 0 Å². The van der Waals surface area contributed by atoms with Crippen LogP contribution in [0.1, 0.15) is 10.4 Å². The molecule has 19 heavy (non-hydrogen) atoms. The van der Waals surface area contributed by atoms with Gasteiger partial charge in [-0.3, -0.25) is 4.79 Å². The number of nitrogens with one attached hydrogen (secondary N) is 1. The van der Waals surface area contributed by atoms with Crippen molar-refractivity contribution in [2.45, 2.75) is 6.10 Å². The van der Waals surface area contributed by atoms with Crippen LogP contribution in [0.15, 0.2) is 24.3 Å². The lowest BCUT2D eigenvalue weighted by molar-refractivity contribution is -0.0175. The Balaban J connectivity index is 0.00000180. The van der Waals surface area contributed by atoms with E-state index in [4.69, 9.17) is 10.5 Å². The zero-order chi connectivity index (χ0) is 13.0. The maximum atomic E-state index is 11.9. The van der Waals surface area contributed by atoms with Crippen molar-refractivity contribution in [3.63, 3.8) is 0 Å². The topological polar surface area (TPSA) is 67.6 Å².